The van der Waals surface area contributed by atoms with Gasteiger partial charge in [0.15, 0.2) is 0 Å². The van der Waals surface area contributed by atoms with Gasteiger partial charge >= 0.3 is 7.12 Å². The Hall–Kier alpha value is -3.47. The maximum absolute atomic E-state index is 12.4. The lowest BCUT2D eigenvalue weighted by Crippen LogP contribution is -2.33. The lowest BCUT2D eigenvalue weighted by Gasteiger charge is -2.20. The number of halogens is 2. The van der Waals surface area contributed by atoms with Crippen LogP contribution in [0.5, 0.6) is 5.88 Å². The summed E-state index contributed by atoms with van der Waals surface area (Å²) < 4.78 is 29.7. The zero-order valence-electron chi connectivity index (χ0n) is 20.8. The fourth-order valence-corrected chi connectivity index (χ4v) is 4.37. The Morgan fingerprint density at radius 3 is 2.46 bits per heavy atom. The molecule has 1 aromatic carbocycles. The molecule has 0 aliphatic carbocycles. The summed E-state index contributed by atoms with van der Waals surface area (Å²) in [6.07, 6.45) is 7.52. The van der Waals surface area contributed by atoms with Gasteiger partial charge in [-0.1, -0.05) is 18.2 Å². The van der Waals surface area contributed by atoms with Crippen molar-refractivity contribution >= 4 is 23.4 Å². The molecule has 1 fully saturated rings. The predicted molar refractivity (Wildman–Crippen MR) is 139 cm³/mol. The third kappa shape index (κ3) is 6.85. The number of benzene rings is 1. The number of likely N-dealkylation sites (tertiary alicyclic amines) is 1. The molecule has 0 radical (unpaired) electrons. The van der Waals surface area contributed by atoms with Gasteiger partial charge in [0.25, 0.3) is 0 Å². The second-order valence-electron chi connectivity index (χ2n) is 8.99. The molecule has 1 saturated heterocycles. The van der Waals surface area contributed by atoms with Gasteiger partial charge < -0.3 is 19.7 Å². The molecule has 1 atom stereocenters. The summed E-state index contributed by atoms with van der Waals surface area (Å²) in [6.45, 7) is 4.67. The Balaban J connectivity index is 0.000000245. The van der Waals surface area contributed by atoms with E-state index < -0.39 is 24.5 Å². The molecule has 4 aromatic rings. The minimum absolute atomic E-state index is 0.439. The number of nitrogens with zero attached hydrogens (tertiary/aromatic N) is 4. The standard InChI is InChI=1S/C22H25N3O.C5H4BF2NO2/c1-16-4-3-10-25(16)11-9-21-13-18-6-5-17(12-20(18)15-23-21)19-7-8-22(26-2)24-14-19;7-4-2-1-3(6(10)11)5(8)9-4/h5-8,12-16H,3-4,9-11H2,1-2H3;1-2,10-11H/t16-;/m1./s1. The van der Waals surface area contributed by atoms with E-state index >= 15 is 0 Å². The van der Waals surface area contributed by atoms with Crippen LogP contribution >= 0.6 is 0 Å². The van der Waals surface area contributed by atoms with E-state index in [1.54, 1.807) is 7.11 Å². The van der Waals surface area contributed by atoms with Crippen molar-refractivity contribution in [3.63, 3.8) is 0 Å². The number of methoxy groups -OCH3 is 1. The van der Waals surface area contributed by atoms with Crippen LogP contribution in [0.15, 0.2) is 60.9 Å². The highest BCUT2D eigenvalue weighted by atomic mass is 19.1. The van der Waals surface area contributed by atoms with Crippen LogP contribution in [0.3, 0.4) is 0 Å². The number of fused-ring (bicyclic) bond motifs is 1. The van der Waals surface area contributed by atoms with Crippen molar-refractivity contribution in [2.75, 3.05) is 20.2 Å². The van der Waals surface area contributed by atoms with Crippen molar-refractivity contribution in [3.05, 3.63) is 78.5 Å². The molecule has 7 nitrogen and oxygen atoms in total. The Bertz CT molecular complexity index is 1340. The van der Waals surface area contributed by atoms with E-state index in [0.29, 0.717) is 5.88 Å². The number of aromatic nitrogens is 3. The van der Waals surface area contributed by atoms with Gasteiger partial charge in [-0.3, -0.25) is 4.98 Å². The van der Waals surface area contributed by atoms with Crippen LogP contribution in [0.4, 0.5) is 8.78 Å². The normalized spacial score (nSPS) is 15.4. The van der Waals surface area contributed by atoms with Gasteiger partial charge in [0.1, 0.15) is 0 Å². The molecule has 0 bridgehead atoms. The maximum atomic E-state index is 12.4. The van der Waals surface area contributed by atoms with E-state index in [0.717, 1.165) is 47.7 Å². The van der Waals surface area contributed by atoms with Crippen LogP contribution in [0.2, 0.25) is 0 Å². The van der Waals surface area contributed by atoms with E-state index in [-0.39, 0.29) is 0 Å². The van der Waals surface area contributed by atoms with Crippen LogP contribution in [0, 0.1) is 11.9 Å². The summed E-state index contributed by atoms with van der Waals surface area (Å²) in [4.78, 5) is 14.3. The first-order chi connectivity index (χ1) is 17.8. The van der Waals surface area contributed by atoms with Crippen molar-refractivity contribution in [2.24, 2.45) is 0 Å². The third-order valence-corrected chi connectivity index (χ3v) is 6.52. The van der Waals surface area contributed by atoms with Gasteiger partial charge in [-0.2, -0.15) is 13.8 Å². The molecule has 0 spiro atoms. The average Bonchev–Trinajstić information content (AvgIpc) is 3.31. The van der Waals surface area contributed by atoms with Gasteiger partial charge in [0.05, 0.1) is 7.11 Å². The number of ether oxygens (including phenoxy) is 1. The van der Waals surface area contributed by atoms with Crippen molar-refractivity contribution in [1.29, 1.82) is 0 Å². The third-order valence-electron chi connectivity index (χ3n) is 6.52. The SMILES string of the molecule is COc1ccc(-c2ccc3cc(CCN4CCC[C@H]4C)ncc3c2)cn1.OB(O)c1ccc(F)nc1F. The number of pyridine rings is 3. The zero-order valence-corrected chi connectivity index (χ0v) is 20.8. The van der Waals surface area contributed by atoms with Gasteiger partial charge in [-0.25, -0.2) is 4.98 Å². The smallest absolute Gasteiger partial charge is 0.481 e. The molecule has 37 heavy (non-hydrogen) atoms. The van der Waals surface area contributed by atoms with Crippen molar-refractivity contribution in [3.8, 4) is 17.0 Å². The van der Waals surface area contributed by atoms with Crippen molar-refractivity contribution < 1.29 is 23.6 Å². The van der Waals surface area contributed by atoms with E-state index in [4.69, 9.17) is 19.8 Å². The van der Waals surface area contributed by atoms with Crippen LogP contribution in [0.25, 0.3) is 21.9 Å². The maximum Gasteiger partial charge on any atom is 0.493 e. The van der Waals surface area contributed by atoms with E-state index in [2.05, 4.69) is 46.1 Å². The van der Waals surface area contributed by atoms with Crippen molar-refractivity contribution in [1.82, 2.24) is 19.9 Å². The molecule has 10 heteroatoms. The van der Waals surface area contributed by atoms with Crippen LogP contribution in [-0.2, 0) is 6.42 Å². The summed E-state index contributed by atoms with van der Waals surface area (Å²) in [5.41, 5.74) is 2.97. The first-order valence-corrected chi connectivity index (χ1v) is 12.2. The highest BCUT2D eigenvalue weighted by Gasteiger charge is 2.19. The molecule has 4 heterocycles. The number of rotatable bonds is 6. The molecular formula is C27H29BF2N4O3. The van der Waals surface area contributed by atoms with E-state index in [9.17, 15) is 8.78 Å². The highest BCUT2D eigenvalue weighted by Crippen LogP contribution is 2.25. The number of hydrogen-bond acceptors (Lipinski definition) is 7. The Labute approximate surface area is 214 Å². The lowest BCUT2D eigenvalue weighted by atomic mass is 9.81. The van der Waals surface area contributed by atoms with Crippen molar-refractivity contribution in [2.45, 2.75) is 32.2 Å². The molecule has 0 unspecified atom stereocenters. The fraction of sp³-hybridized carbons (Fsp3) is 0.296. The predicted octanol–water partition coefficient (Wildman–Crippen LogP) is 3.37. The average molecular weight is 506 g/mol. The summed E-state index contributed by atoms with van der Waals surface area (Å²) in [5, 5.41) is 19.3. The molecule has 2 N–H and O–H groups in total. The Morgan fingerprint density at radius 2 is 1.81 bits per heavy atom. The summed E-state index contributed by atoms with van der Waals surface area (Å²) in [6, 6.07) is 15.1. The van der Waals surface area contributed by atoms with Crippen LogP contribution in [-0.4, -0.2) is 63.3 Å². The highest BCUT2D eigenvalue weighted by molar-refractivity contribution is 6.58. The molecule has 0 amide bonds. The fourth-order valence-electron chi connectivity index (χ4n) is 4.37. The Kier molecular flexibility index (Phi) is 8.76. The van der Waals surface area contributed by atoms with Crippen LogP contribution in [0.1, 0.15) is 25.5 Å². The zero-order chi connectivity index (χ0) is 26.4. The summed E-state index contributed by atoms with van der Waals surface area (Å²) >= 11 is 0. The second kappa shape index (κ2) is 12.2. The minimum atomic E-state index is -1.96. The van der Waals surface area contributed by atoms with Crippen LogP contribution < -0.4 is 10.2 Å². The van der Waals surface area contributed by atoms with Gasteiger partial charge in [0.2, 0.25) is 17.8 Å². The van der Waals surface area contributed by atoms with E-state index in [1.165, 1.54) is 30.5 Å². The molecule has 5 rings (SSSR count). The van der Waals surface area contributed by atoms with Gasteiger partial charge in [-0.05, 0) is 61.5 Å². The monoisotopic (exact) mass is 506 g/mol. The van der Waals surface area contributed by atoms with Gasteiger partial charge in [0, 0.05) is 59.6 Å². The Morgan fingerprint density at radius 1 is 1.00 bits per heavy atom. The first-order valence-electron chi connectivity index (χ1n) is 12.2. The lowest BCUT2D eigenvalue weighted by molar-refractivity contribution is 0.271. The first kappa shape index (κ1) is 26.6. The molecule has 1 aliphatic rings. The molecule has 3 aromatic heterocycles. The minimum Gasteiger partial charge on any atom is -0.481 e. The topological polar surface area (TPSA) is 91.6 Å². The molecule has 1 aliphatic heterocycles. The largest absolute Gasteiger partial charge is 0.493 e. The number of hydrogen-bond donors (Lipinski definition) is 2. The molecule has 192 valence electrons. The van der Waals surface area contributed by atoms with Gasteiger partial charge in [-0.15, -0.1) is 0 Å². The second-order valence-corrected chi connectivity index (χ2v) is 8.99. The summed E-state index contributed by atoms with van der Waals surface area (Å²) in [7, 11) is -0.325. The quantitative estimate of drug-likeness (QED) is 0.306. The molecular weight excluding hydrogens is 477 g/mol. The summed E-state index contributed by atoms with van der Waals surface area (Å²) in [5.74, 6) is -1.57. The molecule has 0 saturated carbocycles. The van der Waals surface area contributed by atoms with E-state index in [1.807, 2.05) is 24.5 Å².